The first-order chi connectivity index (χ1) is 15.5. The molecule has 8 nitrogen and oxygen atoms in total. The quantitative estimate of drug-likeness (QED) is 0.249. The van der Waals surface area contributed by atoms with Crippen molar-refractivity contribution in [2.24, 2.45) is 11.3 Å². The van der Waals surface area contributed by atoms with Gasteiger partial charge in [-0.05, 0) is 77.8 Å². The standard InChI is InChI=1S/C25H35NO7/c1-6-32-21(28)8-7-11-25(23(30)33-24(3,4)5,20(27)16-31-15-18-9-10-18)22(29)19-12-17(2)13-26-14-19/h12-14,18H,6-11,15-16H2,1-5H3. The lowest BCUT2D eigenvalue weighted by Crippen LogP contribution is -2.51. The Balaban J connectivity index is 2.42. The van der Waals surface area contributed by atoms with Crippen molar-refractivity contribution >= 4 is 23.5 Å². The van der Waals surface area contributed by atoms with Gasteiger partial charge < -0.3 is 14.2 Å². The summed E-state index contributed by atoms with van der Waals surface area (Å²) in [5, 5.41) is 0. The number of pyridine rings is 1. The minimum absolute atomic E-state index is 0.0338. The van der Waals surface area contributed by atoms with E-state index in [0.29, 0.717) is 18.1 Å². The van der Waals surface area contributed by atoms with Crippen molar-refractivity contribution in [3.05, 3.63) is 29.6 Å². The molecule has 1 fully saturated rings. The number of ketones is 2. The average molecular weight is 462 g/mol. The Morgan fingerprint density at radius 1 is 1.12 bits per heavy atom. The second-order valence-electron chi connectivity index (χ2n) is 9.53. The van der Waals surface area contributed by atoms with Crippen LogP contribution in [0.2, 0.25) is 0 Å². The number of rotatable bonds is 13. The SMILES string of the molecule is CCOC(=O)CCCC(C(=O)COCC1CC1)(C(=O)OC(C)(C)C)C(=O)c1cncc(C)c1. The summed E-state index contributed by atoms with van der Waals surface area (Å²) < 4.78 is 16.1. The molecule has 182 valence electrons. The summed E-state index contributed by atoms with van der Waals surface area (Å²) in [6, 6.07) is 1.58. The van der Waals surface area contributed by atoms with Gasteiger partial charge in [-0.3, -0.25) is 24.2 Å². The van der Waals surface area contributed by atoms with Crippen molar-refractivity contribution < 1.29 is 33.4 Å². The largest absolute Gasteiger partial charge is 0.466 e. The highest BCUT2D eigenvalue weighted by Crippen LogP contribution is 2.35. The van der Waals surface area contributed by atoms with Crippen LogP contribution in [0.3, 0.4) is 0 Å². The van der Waals surface area contributed by atoms with Gasteiger partial charge in [0, 0.05) is 31.0 Å². The second kappa shape index (κ2) is 11.5. The van der Waals surface area contributed by atoms with E-state index < -0.39 is 34.5 Å². The fourth-order valence-electron chi connectivity index (χ4n) is 3.44. The predicted octanol–water partition coefficient (Wildman–Crippen LogP) is 3.63. The number of carbonyl (C=O) groups is 4. The fourth-order valence-corrected chi connectivity index (χ4v) is 3.44. The molecule has 1 aromatic heterocycles. The summed E-state index contributed by atoms with van der Waals surface area (Å²) in [7, 11) is 0. The maximum atomic E-state index is 13.8. The highest BCUT2D eigenvalue weighted by molar-refractivity contribution is 6.27. The minimum atomic E-state index is -2.14. The van der Waals surface area contributed by atoms with E-state index in [1.807, 2.05) is 0 Å². The number of nitrogens with zero attached hydrogens (tertiary/aromatic N) is 1. The van der Waals surface area contributed by atoms with E-state index in [9.17, 15) is 19.2 Å². The Labute approximate surface area is 195 Å². The summed E-state index contributed by atoms with van der Waals surface area (Å²) in [5.74, 6) is -2.36. The first-order valence-corrected chi connectivity index (χ1v) is 11.5. The van der Waals surface area contributed by atoms with E-state index in [1.165, 1.54) is 6.20 Å². The van der Waals surface area contributed by atoms with Gasteiger partial charge in [0.1, 0.15) is 12.2 Å². The molecule has 1 heterocycles. The molecule has 1 saturated carbocycles. The molecule has 0 amide bonds. The third kappa shape index (κ3) is 7.74. The van der Waals surface area contributed by atoms with Gasteiger partial charge in [-0.15, -0.1) is 0 Å². The normalized spacial score (nSPS) is 15.4. The van der Waals surface area contributed by atoms with Crippen LogP contribution in [-0.4, -0.2) is 53.9 Å². The van der Waals surface area contributed by atoms with E-state index in [-0.39, 0.29) is 38.0 Å². The Hall–Kier alpha value is -2.61. The first kappa shape index (κ1) is 26.6. The Kier molecular flexibility index (Phi) is 9.28. The van der Waals surface area contributed by atoms with Crippen molar-refractivity contribution in [2.45, 2.75) is 72.3 Å². The molecule has 1 atom stereocenters. The third-order valence-corrected chi connectivity index (χ3v) is 5.27. The van der Waals surface area contributed by atoms with Crippen molar-refractivity contribution in [1.29, 1.82) is 0 Å². The number of hydrogen-bond acceptors (Lipinski definition) is 8. The first-order valence-electron chi connectivity index (χ1n) is 11.5. The van der Waals surface area contributed by atoms with Gasteiger partial charge in [-0.2, -0.15) is 0 Å². The molecule has 1 aliphatic rings. The van der Waals surface area contributed by atoms with Crippen LogP contribution in [-0.2, 0) is 28.6 Å². The van der Waals surface area contributed by atoms with Crippen LogP contribution in [0.15, 0.2) is 18.5 Å². The molecule has 1 unspecified atom stereocenters. The maximum absolute atomic E-state index is 13.8. The van der Waals surface area contributed by atoms with Gasteiger partial charge in [-0.25, -0.2) is 0 Å². The molecule has 0 spiro atoms. The number of hydrogen-bond donors (Lipinski definition) is 0. The molecule has 33 heavy (non-hydrogen) atoms. The number of aryl methyl sites for hydroxylation is 1. The predicted molar refractivity (Wildman–Crippen MR) is 121 cm³/mol. The molecule has 0 aromatic carbocycles. The van der Waals surface area contributed by atoms with Crippen LogP contribution >= 0.6 is 0 Å². The van der Waals surface area contributed by atoms with E-state index in [4.69, 9.17) is 14.2 Å². The monoisotopic (exact) mass is 461 g/mol. The van der Waals surface area contributed by atoms with Crippen molar-refractivity contribution in [3.8, 4) is 0 Å². The van der Waals surface area contributed by atoms with Crippen LogP contribution in [0.4, 0.5) is 0 Å². The molecule has 0 radical (unpaired) electrons. The lowest BCUT2D eigenvalue weighted by molar-refractivity contribution is -0.169. The topological polar surface area (TPSA) is 109 Å². The van der Waals surface area contributed by atoms with Crippen LogP contribution in [0.1, 0.15) is 75.7 Å². The zero-order valence-electron chi connectivity index (χ0n) is 20.3. The van der Waals surface area contributed by atoms with E-state index >= 15 is 0 Å². The molecule has 0 N–H and O–H groups in total. The molecule has 0 aliphatic heterocycles. The van der Waals surface area contributed by atoms with Gasteiger partial charge in [0.25, 0.3) is 0 Å². The van der Waals surface area contributed by atoms with Gasteiger partial charge in [0.05, 0.1) is 6.61 Å². The minimum Gasteiger partial charge on any atom is -0.466 e. The molecular formula is C25H35NO7. The molecule has 2 rings (SSSR count). The van der Waals surface area contributed by atoms with Crippen LogP contribution in [0, 0.1) is 18.3 Å². The number of esters is 2. The van der Waals surface area contributed by atoms with Gasteiger partial charge in [-0.1, -0.05) is 0 Å². The number of ether oxygens (including phenoxy) is 3. The summed E-state index contributed by atoms with van der Waals surface area (Å²) in [6.07, 6.45) is 4.85. The maximum Gasteiger partial charge on any atom is 0.328 e. The number of Topliss-reactive ketones (excluding diaryl/α,β-unsaturated/α-hetero) is 2. The lowest BCUT2D eigenvalue weighted by atomic mass is 9.72. The summed E-state index contributed by atoms with van der Waals surface area (Å²) in [5.41, 5.74) is -2.22. The van der Waals surface area contributed by atoms with Crippen LogP contribution in [0.25, 0.3) is 0 Å². The molecule has 1 aromatic rings. The molecule has 8 heteroatoms. The van der Waals surface area contributed by atoms with E-state index in [1.54, 1.807) is 46.9 Å². The Morgan fingerprint density at radius 2 is 1.82 bits per heavy atom. The highest BCUT2D eigenvalue weighted by Gasteiger charge is 2.54. The summed E-state index contributed by atoms with van der Waals surface area (Å²) in [4.78, 5) is 56.7. The van der Waals surface area contributed by atoms with E-state index in [0.717, 1.165) is 12.8 Å². The van der Waals surface area contributed by atoms with Crippen molar-refractivity contribution in [3.63, 3.8) is 0 Å². The molecule has 0 bridgehead atoms. The molecule has 0 saturated heterocycles. The van der Waals surface area contributed by atoms with Crippen molar-refractivity contribution in [1.82, 2.24) is 4.98 Å². The molecule has 1 aliphatic carbocycles. The second-order valence-corrected chi connectivity index (χ2v) is 9.53. The van der Waals surface area contributed by atoms with Crippen LogP contribution < -0.4 is 0 Å². The number of carbonyl (C=O) groups excluding carboxylic acids is 4. The third-order valence-electron chi connectivity index (χ3n) is 5.27. The Morgan fingerprint density at radius 3 is 2.39 bits per heavy atom. The molecular weight excluding hydrogens is 426 g/mol. The smallest absolute Gasteiger partial charge is 0.328 e. The highest BCUT2D eigenvalue weighted by atomic mass is 16.6. The number of aromatic nitrogens is 1. The van der Waals surface area contributed by atoms with Gasteiger partial charge in [0.2, 0.25) is 0 Å². The Bertz CT molecular complexity index is 870. The van der Waals surface area contributed by atoms with Crippen LogP contribution in [0.5, 0.6) is 0 Å². The fraction of sp³-hybridized carbons (Fsp3) is 0.640. The van der Waals surface area contributed by atoms with Gasteiger partial charge >= 0.3 is 11.9 Å². The van der Waals surface area contributed by atoms with Crippen molar-refractivity contribution in [2.75, 3.05) is 19.8 Å². The zero-order valence-corrected chi connectivity index (χ0v) is 20.3. The lowest BCUT2D eigenvalue weighted by Gasteiger charge is -2.32. The average Bonchev–Trinajstić information content (AvgIpc) is 3.54. The van der Waals surface area contributed by atoms with Gasteiger partial charge in [0.15, 0.2) is 17.0 Å². The zero-order chi connectivity index (χ0) is 24.6. The van der Waals surface area contributed by atoms with E-state index in [2.05, 4.69) is 4.98 Å². The summed E-state index contributed by atoms with van der Waals surface area (Å²) in [6.45, 7) is 8.69. The summed E-state index contributed by atoms with van der Waals surface area (Å²) >= 11 is 0.